The number of ether oxygens (including phenoxy) is 1. The second-order valence-electron chi connectivity index (χ2n) is 7.40. The summed E-state index contributed by atoms with van der Waals surface area (Å²) in [5, 5.41) is 4.06. The van der Waals surface area contributed by atoms with Crippen LogP contribution in [0.25, 0.3) is 0 Å². The lowest BCUT2D eigenvalue weighted by atomic mass is 10.1. The van der Waals surface area contributed by atoms with Gasteiger partial charge in [-0.3, -0.25) is 4.79 Å². The molecular formula is C17H26N4O3. The lowest BCUT2D eigenvalue weighted by molar-refractivity contribution is -0.131. The zero-order valence-electron chi connectivity index (χ0n) is 14.3. The van der Waals surface area contributed by atoms with Crippen LogP contribution in [0.15, 0.2) is 4.52 Å². The van der Waals surface area contributed by atoms with E-state index in [0.29, 0.717) is 24.2 Å². The van der Waals surface area contributed by atoms with Crippen LogP contribution < -0.4 is 0 Å². The molecule has 1 aromatic heterocycles. The Bertz CT molecular complexity index is 580. The van der Waals surface area contributed by atoms with Gasteiger partial charge in [0, 0.05) is 45.1 Å². The number of likely N-dealkylation sites (tertiary alicyclic amines) is 1. The molecule has 1 saturated carbocycles. The fourth-order valence-corrected chi connectivity index (χ4v) is 3.80. The SMILES string of the molecule is CC(=O)N(Cc1noc(C2CC2)n1)[C@@H]1CCN(C[C@@H]2CCOC2)C1. The fourth-order valence-electron chi connectivity index (χ4n) is 3.80. The molecule has 2 saturated heterocycles. The van der Waals surface area contributed by atoms with Crippen LogP contribution in [0.4, 0.5) is 0 Å². The zero-order valence-corrected chi connectivity index (χ0v) is 14.3. The van der Waals surface area contributed by atoms with E-state index >= 15 is 0 Å². The van der Waals surface area contributed by atoms with Gasteiger partial charge in [-0.25, -0.2) is 0 Å². The first kappa shape index (κ1) is 16.0. The third-order valence-electron chi connectivity index (χ3n) is 5.36. The van der Waals surface area contributed by atoms with Crippen molar-refractivity contribution in [3.05, 3.63) is 11.7 Å². The topological polar surface area (TPSA) is 71.7 Å². The molecule has 2 atom stereocenters. The smallest absolute Gasteiger partial charge is 0.229 e. The Morgan fingerprint density at radius 3 is 2.92 bits per heavy atom. The predicted molar refractivity (Wildman–Crippen MR) is 86.3 cm³/mol. The fraction of sp³-hybridized carbons (Fsp3) is 0.824. The summed E-state index contributed by atoms with van der Waals surface area (Å²) in [5.41, 5.74) is 0. The zero-order chi connectivity index (χ0) is 16.5. The monoisotopic (exact) mass is 334 g/mol. The van der Waals surface area contributed by atoms with Crippen molar-refractivity contribution in [1.29, 1.82) is 0 Å². The van der Waals surface area contributed by atoms with E-state index in [-0.39, 0.29) is 11.9 Å². The molecule has 7 heteroatoms. The van der Waals surface area contributed by atoms with Crippen LogP contribution in [0.2, 0.25) is 0 Å². The maximum absolute atomic E-state index is 12.1. The van der Waals surface area contributed by atoms with E-state index < -0.39 is 0 Å². The Hall–Kier alpha value is -1.47. The summed E-state index contributed by atoms with van der Waals surface area (Å²) in [6.45, 7) is 6.92. The van der Waals surface area contributed by atoms with Gasteiger partial charge in [-0.05, 0) is 31.6 Å². The van der Waals surface area contributed by atoms with Crippen molar-refractivity contribution < 1.29 is 14.1 Å². The first-order chi connectivity index (χ1) is 11.7. The number of carbonyl (C=O) groups excluding carboxylic acids is 1. The molecule has 1 aromatic rings. The van der Waals surface area contributed by atoms with Crippen LogP contribution in [-0.4, -0.2) is 64.7 Å². The van der Waals surface area contributed by atoms with Crippen molar-refractivity contribution in [2.24, 2.45) is 5.92 Å². The molecular weight excluding hydrogens is 308 g/mol. The highest BCUT2D eigenvalue weighted by Gasteiger charge is 2.33. The molecule has 2 aliphatic heterocycles. The average Bonchev–Trinajstić information content (AvgIpc) is 2.97. The first-order valence-corrected chi connectivity index (χ1v) is 9.09. The quantitative estimate of drug-likeness (QED) is 0.783. The van der Waals surface area contributed by atoms with Gasteiger partial charge in [-0.2, -0.15) is 4.98 Å². The standard InChI is InChI=1S/C17H26N4O3/c1-12(22)21(10-16-18-17(24-19-16)14-2-3-14)15-4-6-20(9-15)8-13-5-7-23-11-13/h13-15H,2-11H2,1H3/t13-,15+/m0/s1. The highest BCUT2D eigenvalue weighted by atomic mass is 16.5. The van der Waals surface area contributed by atoms with Crippen molar-refractivity contribution in [2.75, 3.05) is 32.8 Å². The number of amides is 1. The second kappa shape index (κ2) is 6.80. The molecule has 0 unspecified atom stereocenters. The Labute approximate surface area is 142 Å². The minimum atomic E-state index is 0.0869. The van der Waals surface area contributed by atoms with E-state index in [1.165, 1.54) is 0 Å². The van der Waals surface area contributed by atoms with Gasteiger partial charge >= 0.3 is 0 Å². The lowest BCUT2D eigenvalue weighted by Gasteiger charge is -2.27. The van der Waals surface area contributed by atoms with Crippen molar-refractivity contribution in [2.45, 2.75) is 51.1 Å². The highest BCUT2D eigenvalue weighted by molar-refractivity contribution is 5.73. The molecule has 0 aromatic carbocycles. The Balaban J connectivity index is 1.34. The maximum atomic E-state index is 12.1. The average molecular weight is 334 g/mol. The summed E-state index contributed by atoms with van der Waals surface area (Å²) in [6, 6.07) is 0.243. The molecule has 1 aliphatic carbocycles. The van der Waals surface area contributed by atoms with Gasteiger partial charge in [-0.1, -0.05) is 5.16 Å². The number of hydrogen-bond donors (Lipinski definition) is 0. The van der Waals surface area contributed by atoms with E-state index in [1.54, 1.807) is 6.92 Å². The summed E-state index contributed by atoms with van der Waals surface area (Å²) in [5.74, 6) is 2.56. The minimum Gasteiger partial charge on any atom is -0.381 e. The molecule has 3 aliphatic rings. The van der Waals surface area contributed by atoms with Gasteiger partial charge in [0.15, 0.2) is 5.82 Å². The number of hydrogen-bond acceptors (Lipinski definition) is 6. The van der Waals surface area contributed by atoms with Crippen LogP contribution in [0.5, 0.6) is 0 Å². The van der Waals surface area contributed by atoms with Crippen molar-refractivity contribution in [3.8, 4) is 0 Å². The van der Waals surface area contributed by atoms with E-state index in [0.717, 1.165) is 64.4 Å². The number of carbonyl (C=O) groups is 1. The van der Waals surface area contributed by atoms with Gasteiger partial charge in [0.05, 0.1) is 13.2 Å². The van der Waals surface area contributed by atoms with Crippen LogP contribution >= 0.6 is 0 Å². The predicted octanol–water partition coefficient (Wildman–Crippen LogP) is 1.41. The summed E-state index contributed by atoms with van der Waals surface area (Å²) >= 11 is 0. The third-order valence-corrected chi connectivity index (χ3v) is 5.36. The lowest BCUT2D eigenvalue weighted by Crippen LogP contribution is -2.41. The van der Waals surface area contributed by atoms with Crippen molar-refractivity contribution >= 4 is 5.91 Å². The summed E-state index contributed by atoms with van der Waals surface area (Å²) in [4.78, 5) is 21.0. The molecule has 0 N–H and O–H groups in total. The molecule has 0 bridgehead atoms. The van der Waals surface area contributed by atoms with Crippen LogP contribution in [-0.2, 0) is 16.1 Å². The molecule has 0 spiro atoms. The van der Waals surface area contributed by atoms with Crippen molar-refractivity contribution in [3.63, 3.8) is 0 Å². The van der Waals surface area contributed by atoms with E-state index in [1.807, 2.05) is 4.90 Å². The number of rotatable bonds is 6. The molecule has 3 fully saturated rings. The van der Waals surface area contributed by atoms with E-state index in [4.69, 9.17) is 9.26 Å². The first-order valence-electron chi connectivity index (χ1n) is 9.09. The van der Waals surface area contributed by atoms with Gasteiger partial charge in [0.2, 0.25) is 11.8 Å². The molecule has 7 nitrogen and oxygen atoms in total. The maximum Gasteiger partial charge on any atom is 0.229 e. The van der Waals surface area contributed by atoms with Crippen molar-refractivity contribution in [1.82, 2.24) is 19.9 Å². The van der Waals surface area contributed by atoms with Crippen LogP contribution in [0.1, 0.15) is 50.2 Å². The van der Waals surface area contributed by atoms with Gasteiger partial charge in [0.25, 0.3) is 0 Å². The van der Waals surface area contributed by atoms with Gasteiger partial charge in [-0.15, -0.1) is 0 Å². The van der Waals surface area contributed by atoms with Crippen LogP contribution in [0.3, 0.4) is 0 Å². The number of aromatic nitrogens is 2. The van der Waals surface area contributed by atoms with Crippen LogP contribution in [0, 0.1) is 5.92 Å². The molecule has 3 heterocycles. The molecule has 4 rings (SSSR count). The third kappa shape index (κ3) is 3.62. The molecule has 132 valence electrons. The minimum absolute atomic E-state index is 0.0869. The Morgan fingerprint density at radius 1 is 1.33 bits per heavy atom. The van der Waals surface area contributed by atoms with E-state index in [2.05, 4.69) is 15.0 Å². The Morgan fingerprint density at radius 2 is 2.21 bits per heavy atom. The number of nitrogens with zero attached hydrogens (tertiary/aromatic N) is 4. The highest BCUT2D eigenvalue weighted by Crippen LogP contribution is 2.38. The summed E-state index contributed by atoms with van der Waals surface area (Å²) < 4.78 is 10.8. The molecule has 0 radical (unpaired) electrons. The second-order valence-corrected chi connectivity index (χ2v) is 7.40. The summed E-state index contributed by atoms with van der Waals surface area (Å²) in [7, 11) is 0. The molecule has 24 heavy (non-hydrogen) atoms. The molecule has 1 amide bonds. The van der Waals surface area contributed by atoms with E-state index in [9.17, 15) is 4.79 Å². The Kier molecular flexibility index (Phi) is 4.54. The normalized spacial score (nSPS) is 27.7. The summed E-state index contributed by atoms with van der Waals surface area (Å²) in [6.07, 6.45) is 4.45. The van der Waals surface area contributed by atoms with Gasteiger partial charge in [0.1, 0.15) is 0 Å². The largest absolute Gasteiger partial charge is 0.381 e. The van der Waals surface area contributed by atoms with Gasteiger partial charge < -0.3 is 19.1 Å².